The molecule has 1 aliphatic rings. The number of hydrogen-bond donors (Lipinski definition) is 0. The summed E-state index contributed by atoms with van der Waals surface area (Å²) in [5.74, 6) is 1.51. The minimum atomic E-state index is -0.482. The lowest BCUT2D eigenvalue weighted by Gasteiger charge is -2.40. The molecule has 3 aromatic rings. The Morgan fingerprint density at radius 3 is 1.79 bits per heavy atom. The molecule has 0 spiro atoms. The monoisotopic (exact) mass is 444 g/mol. The van der Waals surface area contributed by atoms with E-state index in [4.69, 9.17) is 9.47 Å². The van der Waals surface area contributed by atoms with Gasteiger partial charge in [0.1, 0.15) is 11.5 Å². The fraction of sp³-hybridized carbons (Fsp3) is 0.321. The summed E-state index contributed by atoms with van der Waals surface area (Å²) in [6, 6.07) is 28.8. The lowest BCUT2D eigenvalue weighted by Crippen LogP contribution is -2.53. The van der Waals surface area contributed by atoms with Crippen LogP contribution in [0.1, 0.15) is 30.5 Å². The number of rotatable bonds is 8. The Morgan fingerprint density at radius 2 is 1.30 bits per heavy atom. The molecule has 0 bridgehead atoms. The largest absolute Gasteiger partial charge is 0.497 e. The maximum Gasteiger partial charge on any atom is 0.263 e. The van der Waals surface area contributed by atoms with Crippen LogP contribution in [-0.4, -0.2) is 55.1 Å². The van der Waals surface area contributed by atoms with E-state index in [1.807, 2.05) is 36.1 Å². The summed E-state index contributed by atoms with van der Waals surface area (Å²) in [5, 5.41) is 0. The Kier molecular flexibility index (Phi) is 7.63. The van der Waals surface area contributed by atoms with Crippen molar-refractivity contribution in [3.63, 3.8) is 0 Å². The van der Waals surface area contributed by atoms with Crippen molar-refractivity contribution in [3.8, 4) is 11.5 Å². The first-order valence-electron chi connectivity index (χ1n) is 11.6. The zero-order chi connectivity index (χ0) is 23.0. The van der Waals surface area contributed by atoms with Crippen LogP contribution in [0.3, 0.4) is 0 Å². The summed E-state index contributed by atoms with van der Waals surface area (Å²) in [7, 11) is 1.63. The molecule has 1 heterocycles. The van der Waals surface area contributed by atoms with Crippen molar-refractivity contribution >= 4 is 5.91 Å². The second-order valence-electron chi connectivity index (χ2n) is 8.28. The maximum atomic E-state index is 13.2. The molecule has 0 saturated carbocycles. The quantitative estimate of drug-likeness (QED) is 0.501. The number of nitrogens with zero attached hydrogens (tertiary/aromatic N) is 2. The lowest BCUT2D eigenvalue weighted by molar-refractivity contribution is -0.140. The van der Waals surface area contributed by atoms with Gasteiger partial charge in [0.25, 0.3) is 5.91 Å². The third kappa shape index (κ3) is 5.55. The molecule has 1 atom stereocenters. The van der Waals surface area contributed by atoms with Crippen molar-refractivity contribution in [1.29, 1.82) is 0 Å². The highest BCUT2D eigenvalue weighted by Gasteiger charge is 2.31. The van der Waals surface area contributed by atoms with Crippen LogP contribution in [0.2, 0.25) is 0 Å². The molecule has 0 radical (unpaired) electrons. The van der Waals surface area contributed by atoms with Gasteiger partial charge in [-0.1, -0.05) is 67.6 Å². The van der Waals surface area contributed by atoms with Gasteiger partial charge in [0, 0.05) is 26.2 Å². The number of ether oxygens (including phenoxy) is 2. The minimum Gasteiger partial charge on any atom is -0.497 e. The second-order valence-corrected chi connectivity index (χ2v) is 8.28. The third-order valence-electron chi connectivity index (χ3n) is 6.21. The Labute approximate surface area is 196 Å². The Bertz CT molecular complexity index is 961. The van der Waals surface area contributed by atoms with E-state index < -0.39 is 6.10 Å². The van der Waals surface area contributed by atoms with Gasteiger partial charge in [0.05, 0.1) is 13.2 Å². The van der Waals surface area contributed by atoms with Crippen LogP contribution in [0.4, 0.5) is 0 Å². The predicted molar refractivity (Wildman–Crippen MR) is 131 cm³/mol. The van der Waals surface area contributed by atoms with Crippen molar-refractivity contribution in [1.82, 2.24) is 9.80 Å². The molecule has 5 nitrogen and oxygen atoms in total. The van der Waals surface area contributed by atoms with Crippen molar-refractivity contribution in [2.45, 2.75) is 25.5 Å². The van der Waals surface area contributed by atoms with Gasteiger partial charge in [-0.3, -0.25) is 9.69 Å². The van der Waals surface area contributed by atoms with Gasteiger partial charge >= 0.3 is 0 Å². The van der Waals surface area contributed by atoms with Crippen LogP contribution in [0, 0.1) is 0 Å². The van der Waals surface area contributed by atoms with Gasteiger partial charge in [0.2, 0.25) is 0 Å². The molecule has 0 aromatic heterocycles. The first-order valence-corrected chi connectivity index (χ1v) is 11.6. The maximum absolute atomic E-state index is 13.2. The number of methoxy groups -OCH3 is 1. The molecule has 5 heteroatoms. The Morgan fingerprint density at radius 1 is 0.788 bits per heavy atom. The fourth-order valence-corrected chi connectivity index (χ4v) is 4.42. The van der Waals surface area contributed by atoms with Gasteiger partial charge in [-0.2, -0.15) is 0 Å². The van der Waals surface area contributed by atoms with E-state index in [1.54, 1.807) is 7.11 Å². The SMILES string of the molecule is CCC(Oc1ccc(OC)cc1)C(=O)N1CCN(C(c2ccccc2)c2ccccc2)CC1. The second kappa shape index (κ2) is 11.0. The van der Waals surface area contributed by atoms with E-state index in [0.29, 0.717) is 25.3 Å². The molecule has 1 unspecified atom stereocenters. The molecule has 1 fully saturated rings. The Balaban J connectivity index is 1.42. The average Bonchev–Trinajstić information content (AvgIpc) is 2.89. The van der Waals surface area contributed by atoms with Crippen LogP contribution in [0.15, 0.2) is 84.9 Å². The van der Waals surface area contributed by atoms with E-state index >= 15 is 0 Å². The normalized spacial score (nSPS) is 15.3. The number of carbonyl (C=O) groups is 1. The lowest BCUT2D eigenvalue weighted by atomic mass is 9.96. The summed E-state index contributed by atoms with van der Waals surface area (Å²) in [5.41, 5.74) is 2.55. The van der Waals surface area contributed by atoms with E-state index in [1.165, 1.54) is 11.1 Å². The summed E-state index contributed by atoms with van der Waals surface area (Å²) in [4.78, 5) is 17.6. The molecule has 33 heavy (non-hydrogen) atoms. The summed E-state index contributed by atoms with van der Waals surface area (Å²) in [6.07, 6.45) is 0.144. The topological polar surface area (TPSA) is 42.0 Å². The molecular weight excluding hydrogens is 412 g/mol. The highest BCUT2D eigenvalue weighted by Crippen LogP contribution is 2.29. The average molecular weight is 445 g/mol. The van der Waals surface area contributed by atoms with E-state index in [-0.39, 0.29) is 11.9 Å². The van der Waals surface area contributed by atoms with Gasteiger partial charge in [-0.05, 0) is 41.8 Å². The highest BCUT2D eigenvalue weighted by atomic mass is 16.5. The molecule has 0 N–H and O–H groups in total. The van der Waals surface area contributed by atoms with E-state index in [9.17, 15) is 4.79 Å². The Hall–Kier alpha value is -3.31. The first-order chi connectivity index (χ1) is 16.2. The molecule has 1 saturated heterocycles. The molecule has 1 aliphatic heterocycles. The van der Waals surface area contributed by atoms with Crippen molar-refractivity contribution in [2.24, 2.45) is 0 Å². The summed E-state index contributed by atoms with van der Waals surface area (Å²) in [6.45, 7) is 5.01. The predicted octanol–water partition coefficient (Wildman–Crippen LogP) is 4.79. The fourth-order valence-electron chi connectivity index (χ4n) is 4.42. The molecule has 3 aromatic carbocycles. The summed E-state index contributed by atoms with van der Waals surface area (Å²) < 4.78 is 11.2. The van der Waals surface area contributed by atoms with Gasteiger partial charge < -0.3 is 14.4 Å². The molecule has 4 rings (SSSR count). The van der Waals surface area contributed by atoms with Crippen LogP contribution in [0.5, 0.6) is 11.5 Å². The standard InChI is InChI=1S/C28H32N2O3/c1-3-26(33-25-16-14-24(32-2)15-17-25)28(31)30-20-18-29(19-21-30)27(22-10-6-4-7-11-22)23-12-8-5-9-13-23/h4-17,26-27H,3,18-21H2,1-2H3. The summed E-state index contributed by atoms with van der Waals surface area (Å²) >= 11 is 0. The molecule has 0 aliphatic carbocycles. The molecular formula is C28H32N2O3. The van der Waals surface area contributed by atoms with Crippen molar-refractivity contribution in [2.75, 3.05) is 33.3 Å². The van der Waals surface area contributed by atoms with E-state index in [2.05, 4.69) is 65.6 Å². The van der Waals surface area contributed by atoms with Crippen LogP contribution in [0.25, 0.3) is 0 Å². The number of hydrogen-bond acceptors (Lipinski definition) is 4. The van der Waals surface area contributed by atoms with Crippen LogP contribution >= 0.6 is 0 Å². The number of piperazine rings is 1. The molecule has 172 valence electrons. The minimum absolute atomic E-state index is 0.0592. The number of amides is 1. The highest BCUT2D eigenvalue weighted by molar-refractivity contribution is 5.81. The van der Waals surface area contributed by atoms with Crippen LogP contribution < -0.4 is 9.47 Å². The zero-order valence-corrected chi connectivity index (χ0v) is 19.4. The van der Waals surface area contributed by atoms with Crippen molar-refractivity contribution < 1.29 is 14.3 Å². The smallest absolute Gasteiger partial charge is 0.263 e. The van der Waals surface area contributed by atoms with Gasteiger partial charge in [-0.15, -0.1) is 0 Å². The van der Waals surface area contributed by atoms with E-state index in [0.717, 1.165) is 18.8 Å². The molecule has 1 amide bonds. The van der Waals surface area contributed by atoms with Gasteiger partial charge in [-0.25, -0.2) is 0 Å². The van der Waals surface area contributed by atoms with Gasteiger partial charge in [0.15, 0.2) is 6.10 Å². The van der Waals surface area contributed by atoms with Crippen LogP contribution in [-0.2, 0) is 4.79 Å². The van der Waals surface area contributed by atoms with Crippen molar-refractivity contribution in [3.05, 3.63) is 96.1 Å². The third-order valence-corrected chi connectivity index (χ3v) is 6.21. The zero-order valence-electron chi connectivity index (χ0n) is 19.4. The number of carbonyl (C=O) groups excluding carboxylic acids is 1. The number of benzene rings is 3. The first kappa shape index (κ1) is 22.9.